The largest absolute Gasteiger partial charge is 0.369 e. The van der Waals surface area contributed by atoms with Gasteiger partial charge < -0.3 is 10.3 Å². The van der Waals surface area contributed by atoms with Gasteiger partial charge in [0.15, 0.2) is 0 Å². The molecule has 2 aromatic rings. The molecule has 1 unspecified atom stereocenters. The van der Waals surface area contributed by atoms with E-state index in [9.17, 15) is 4.79 Å². The first-order valence-corrected chi connectivity index (χ1v) is 5.70. The average Bonchev–Trinajstić information content (AvgIpc) is 2.75. The Morgan fingerprint density at radius 1 is 1.29 bits per heavy atom. The fourth-order valence-corrected chi connectivity index (χ4v) is 2.28. The maximum atomic E-state index is 11.8. The summed E-state index contributed by atoms with van der Waals surface area (Å²) >= 11 is 5.85. The van der Waals surface area contributed by atoms with E-state index in [4.69, 9.17) is 11.6 Å². The van der Waals surface area contributed by atoms with E-state index >= 15 is 0 Å². The monoisotopic (exact) mass is 247 g/mol. The van der Waals surface area contributed by atoms with E-state index in [0.29, 0.717) is 22.9 Å². The van der Waals surface area contributed by atoms with Crippen LogP contribution in [0.2, 0.25) is 5.02 Å². The Balaban J connectivity index is 2.09. The molecule has 1 aromatic carbocycles. The second-order valence-electron chi connectivity index (χ2n) is 3.98. The first-order valence-electron chi connectivity index (χ1n) is 5.32. The molecule has 0 radical (unpaired) electrons. The Hall–Kier alpha value is -1.81. The van der Waals surface area contributed by atoms with E-state index in [1.165, 1.54) is 6.33 Å². The molecule has 0 amide bonds. The van der Waals surface area contributed by atoms with Crippen molar-refractivity contribution in [1.29, 1.82) is 0 Å². The van der Waals surface area contributed by atoms with Crippen molar-refractivity contribution < 1.29 is 0 Å². The molecule has 1 aromatic heterocycles. The third-order valence-corrected chi connectivity index (χ3v) is 3.24. The molecule has 1 aliphatic rings. The SMILES string of the molecule is O=c1[nH]cnc2c1C(c1ccc(Cl)cc1)CN2. The van der Waals surface area contributed by atoms with Crippen LogP contribution in [0.4, 0.5) is 5.82 Å². The minimum absolute atomic E-state index is 0.0414. The van der Waals surface area contributed by atoms with Gasteiger partial charge in [-0.15, -0.1) is 0 Å². The van der Waals surface area contributed by atoms with Crippen molar-refractivity contribution in [1.82, 2.24) is 9.97 Å². The molecular formula is C12H10ClN3O. The number of fused-ring (bicyclic) bond motifs is 1. The summed E-state index contributed by atoms with van der Waals surface area (Å²) in [6.07, 6.45) is 1.42. The highest BCUT2D eigenvalue weighted by Crippen LogP contribution is 2.32. The molecule has 0 bridgehead atoms. The lowest BCUT2D eigenvalue weighted by Gasteiger charge is -2.09. The van der Waals surface area contributed by atoms with E-state index in [0.717, 1.165) is 5.56 Å². The van der Waals surface area contributed by atoms with Crippen LogP contribution in [0, 0.1) is 0 Å². The van der Waals surface area contributed by atoms with Crippen LogP contribution in [0.3, 0.4) is 0 Å². The molecular weight excluding hydrogens is 238 g/mol. The summed E-state index contributed by atoms with van der Waals surface area (Å²) in [5.41, 5.74) is 1.69. The predicted molar refractivity (Wildman–Crippen MR) is 66.6 cm³/mol. The van der Waals surface area contributed by atoms with Crippen LogP contribution in [0.5, 0.6) is 0 Å². The minimum Gasteiger partial charge on any atom is -0.369 e. The number of nitrogens with zero attached hydrogens (tertiary/aromatic N) is 1. The van der Waals surface area contributed by atoms with Gasteiger partial charge in [-0.2, -0.15) is 0 Å². The topological polar surface area (TPSA) is 57.8 Å². The highest BCUT2D eigenvalue weighted by molar-refractivity contribution is 6.30. The first-order chi connectivity index (χ1) is 8.25. The van der Waals surface area contributed by atoms with E-state index < -0.39 is 0 Å². The van der Waals surface area contributed by atoms with Crippen molar-refractivity contribution in [3.8, 4) is 0 Å². The molecule has 0 saturated heterocycles. The Bertz CT molecular complexity index is 606. The Morgan fingerprint density at radius 2 is 2.06 bits per heavy atom. The first kappa shape index (κ1) is 10.4. The van der Waals surface area contributed by atoms with Gasteiger partial charge in [0.05, 0.1) is 11.9 Å². The van der Waals surface area contributed by atoms with Crippen molar-refractivity contribution in [2.45, 2.75) is 5.92 Å². The zero-order valence-electron chi connectivity index (χ0n) is 8.90. The summed E-state index contributed by atoms with van der Waals surface area (Å²) < 4.78 is 0. The number of H-pyrrole nitrogens is 1. The highest BCUT2D eigenvalue weighted by Gasteiger charge is 2.27. The number of anilines is 1. The molecule has 2 N–H and O–H groups in total. The second kappa shape index (κ2) is 3.89. The van der Waals surface area contributed by atoms with Gasteiger partial charge in [-0.3, -0.25) is 4.79 Å². The normalized spacial score (nSPS) is 17.6. The zero-order chi connectivity index (χ0) is 11.8. The molecule has 1 aliphatic heterocycles. The van der Waals surface area contributed by atoms with Gasteiger partial charge in [-0.05, 0) is 17.7 Å². The Labute approximate surface area is 103 Å². The molecule has 17 heavy (non-hydrogen) atoms. The van der Waals surface area contributed by atoms with Gasteiger partial charge >= 0.3 is 0 Å². The van der Waals surface area contributed by atoms with Crippen molar-refractivity contribution in [3.05, 3.63) is 57.1 Å². The molecule has 0 spiro atoms. The molecule has 5 heteroatoms. The zero-order valence-corrected chi connectivity index (χ0v) is 9.66. The van der Waals surface area contributed by atoms with Crippen molar-refractivity contribution in [2.24, 2.45) is 0 Å². The van der Waals surface area contributed by atoms with E-state index in [2.05, 4.69) is 15.3 Å². The van der Waals surface area contributed by atoms with Crippen LogP contribution >= 0.6 is 11.6 Å². The molecule has 4 nitrogen and oxygen atoms in total. The third-order valence-electron chi connectivity index (χ3n) is 2.98. The fourth-order valence-electron chi connectivity index (χ4n) is 2.15. The average molecular weight is 248 g/mol. The summed E-state index contributed by atoms with van der Waals surface area (Å²) in [7, 11) is 0. The molecule has 1 atom stereocenters. The van der Waals surface area contributed by atoms with Gasteiger partial charge in [0, 0.05) is 17.5 Å². The Morgan fingerprint density at radius 3 is 2.82 bits per heavy atom. The van der Waals surface area contributed by atoms with Gasteiger partial charge in [-0.1, -0.05) is 23.7 Å². The lowest BCUT2D eigenvalue weighted by Crippen LogP contribution is -2.15. The van der Waals surface area contributed by atoms with Crippen LogP contribution < -0.4 is 10.9 Å². The summed E-state index contributed by atoms with van der Waals surface area (Å²) in [5, 5.41) is 3.83. The van der Waals surface area contributed by atoms with Gasteiger partial charge in [-0.25, -0.2) is 4.98 Å². The number of aromatic nitrogens is 2. The number of hydrogen-bond donors (Lipinski definition) is 2. The summed E-state index contributed by atoms with van der Waals surface area (Å²) in [6.45, 7) is 0.692. The number of hydrogen-bond acceptors (Lipinski definition) is 3. The van der Waals surface area contributed by atoms with Gasteiger partial charge in [0.2, 0.25) is 0 Å². The smallest absolute Gasteiger partial charge is 0.256 e. The summed E-state index contributed by atoms with van der Waals surface area (Å²) in [4.78, 5) is 18.5. The van der Waals surface area contributed by atoms with Crippen molar-refractivity contribution >= 4 is 17.4 Å². The number of halogens is 1. The minimum atomic E-state index is -0.0834. The van der Waals surface area contributed by atoms with E-state index in [1.807, 2.05) is 24.3 Å². The van der Waals surface area contributed by atoms with Crippen LogP contribution in [0.1, 0.15) is 17.0 Å². The molecule has 3 rings (SSSR count). The molecule has 0 aliphatic carbocycles. The van der Waals surface area contributed by atoms with Crippen LogP contribution in [-0.2, 0) is 0 Å². The third kappa shape index (κ3) is 1.70. The lowest BCUT2D eigenvalue weighted by atomic mass is 9.95. The summed E-state index contributed by atoms with van der Waals surface area (Å²) in [6, 6.07) is 7.55. The molecule has 86 valence electrons. The standard InChI is InChI=1S/C12H10ClN3O/c13-8-3-1-7(2-4-8)9-5-14-11-10(9)12(17)16-6-15-11/h1-4,6,9H,5H2,(H2,14,15,16,17). The maximum absolute atomic E-state index is 11.8. The van der Waals surface area contributed by atoms with Gasteiger partial charge in [0.1, 0.15) is 5.82 Å². The molecule has 0 saturated carbocycles. The predicted octanol–water partition coefficient (Wildman–Crippen LogP) is 1.98. The van der Waals surface area contributed by atoms with E-state index in [-0.39, 0.29) is 11.5 Å². The molecule has 0 fully saturated rings. The number of nitrogens with one attached hydrogen (secondary N) is 2. The number of benzene rings is 1. The number of rotatable bonds is 1. The van der Waals surface area contributed by atoms with Crippen LogP contribution in [0.25, 0.3) is 0 Å². The van der Waals surface area contributed by atoms with Crippen LogP contribution in [-0.4, -0.2) is 16.5 Å². The second-order valence-corrected chi connectivity index (χ2v) is 4.42. The van der Waals surface area contributed by atoms with Crippen molar-refractivity contribution in [3.63, 3.8) is 0 Å². The lowest BCUT2D eigenvalue weighted by molar-refractivity contribution is 0.887. The summed E-state index contributed by atoms with van der Waals surface area (Å²) in [5.74, 6) is 0.716. The highest BCUT2D eigenvalue weighted by atomic mass is 35.5. The Kier molecular flexibility index (Phi) is 2.37. The van der Waals surface area contributed by atoms with Crippen molar-refractivity contribution in [2.75, 3.05) is 11.9 Å². The maximum Gasteiger partial charge on any atom is 0.256 e. The van der Waals surface area contributed by atoms with Gasteiger partial charge in [0.25, 0.3) is 5.56 Å². The quantitative estimate of drug-likeness (QED) is 0.810. The fraction of sp³-hybridized carbons (Fsp3) is 0.167. The van der Waals surface area contributed by atoms with E-state index in [1.54, 1.807) is 0 Å². The molecule has 2 heterocycles. The number of aromatic amines is 1. The van der Waals surface area contributed by atoms with Crippen LogP contribution in [0.15, 0.2) is 35.4 Å².